The molecule has 2 aromatic rings. The summed E-state index contributed by atoms with van der Waals surface area (Å²) in [4.78, 5) is 25.7. The van der Waals surface area contributed by atoms with E-state index in [0.717, 1.165) is 11.3 Å². The number of nitrogens with two attached hydrogens (primary N) is 1. The number of nitrogens with one attached hydrogen (secondary N) is 1. The lowest BCUT2D eigenvalue weighted by Gasteiger charge is -2.18. The van der Waals surface area contributed by atoms with E-state index in [4.69, 9.17) is 21.0 Å². The van der Waals surface area contributed by atoms with Crippen molar-refractivity contribution in [2.24, 2.45) is 5.73 Å². The molecule has 1 aliphatic heterocycles. The Morgan fingerprint density at radius 2 is 1.80 bits per heavy atom. The van der Waals surface area contributed by atoms with Crippen molar-refractivity contribution in [3.8, 4) is 0 Å². The number of hydrogen-bond donors (Lipinski definition) is 3. The monoisotopic (exact) mass is 407 g/mol. The molecule has 3 rings (SSSR count). The number of anilines is 1. The highest BCUT2D eigenvalue weighted by Crippen LogP contribution is 2.33. The molecule has 7 heteroatoms. The lowest BCUT2D eigenvalue weighted by molar-refractivity contribution is -0.137. The van der Waals surface area contributed by atoms with Crippen LogP contribution in [0.25, 0.3) is 5.57 Å². The summed E-state index contributed by atoms with van der Waals surface area (Å²) in [6.07, 6.45) is 0.422. The zero-order valence-corrected chi connectivity index (χ0v) is 17.0. The van der Waals surface area contributed by atoms with E-state index in [1.807, 2.05) is 38.1 Å². The van der Waals surface area contributed by atoms with Crippen molar-refractivity contribution in [2.45, 2.75) is 32.8 Å². The number of amides is 1. The van der Waals surface area contributed by atoms with E-state index in [-0.39, 0.29) is 24.3 Å². The van der Waals surface area contributed by atoms with Gasteiger partial charge in [0.1, 0.15) is 11.6 Å². The Labute approximate surface area is 175 Å². The summed E-state index contributed by atoms with van der Waals surface area (Å²) in [6.45, 7) is 4.14. The van der Waals surface area contributed by atoms with Gasteiger partial charge in [0.2, 0.25) is 0 Å². The first-order valence-electron chi connectivity index (χ1n) is 9.73. The van der Waals surface area contributed by atoms with E-state index in [9.17, 15) is 9.59 Å². The third-order valence-electron chi connectivity index (χ3n) is 4.78. The average Bonchev–Trinajstić information content (AvgIpc) is 3.02. The molecular weight excluding hydrogens is 382 g/mol. The minimum Gasteiger partial charge on any atom is -0.493 e. The summed E-state index contributed by atoms with van der Waals surface area (Å²) in [5.41, 5.74) is 8.94. The maximum Gasteiger partial charge on any atom is 0.303 e. The highest BCUT2D eigenvalue weighted by atomic mass is 16.5. The van der Waals surface area contributed by atoms with Crippen LogP contribution in [0.15, 0.2) is 54.3 Å². The molecule has 0 atom stereocenters. The minimum absolute atomic E-state index is 0.0310. The van der Waals surface area contributed by atoms with Crippen LogP contribution in [0.1, 0.15) is 37.0 Å². The molecule has 156 valence electrons. The number of carboxylic acids is 1. The Morgan fingerprint density at radius 1 is 1.17 bits per heavy atom. The number of carbonyl (C=O) groups excluding carboxylic acids is 1. The largest absolute Gasteiger partial charge is 0.493 e. The molecule has 7 nitrogen and oxygen atoms in total. The quantitative estimate of drug-likeness (QED) is 0.459. The Bertz CT molecular complexity index is 992. The fraction of sp³-hybridized carbons (Fsp3) is 0.261. The highest BCUT2D eigenvalue weighted by Gasteiger charge is 2.34. The van der Waals surface area contributed by atoms with Crippen molar-refractivity contribution < 1.29 is 19.4 Å². The second-order valence-electron chi connectivity index (χ2n) is 7.41. The minimum atomic E-state index is -0.839. The Morgan fingerprint density at radius 3 is 2.33 bits per heavy atom. The maximum atomic E-state index is 13.3. The number of hydrogen-bond acceptors (Lipinski definition) is 4. The van der Waals surface area contributed by atoms with Gasteiger partial charge in [0.25, 0.3) is 5.91 Å². The smallest absolute Gasteiger partial charge is 0.303 e. The highest BCUT2D eigenvalue weighted by molar-refractivity contribution is 6.29. The van der Waals surface area contributed by atoms with Gasteiger partial charge in [-0.25, -0.2) is 0 Å². The van der Waals surface area contributed by atoms with E-state index >= 15 is 0 Å². The standard InChI is InChI=1S/C23H25N3O4/c1-14(2)30-19-13-26(18-10-3-15(4-11-18)5-12-20(27)28)23(29)21(19)16-6-8-17(9-7-16)22(24)25/h3-4,6-11,14H,5,12-13H2,1-2H3,(H3,24,25)(H,27,28). The predicted molar refractivity (Wildman–Crippen MR) is 115 cm³/mol. The number of carboxylic acid groups (broad SMARTS) is 1. The zero-order valence-electron chi connectivity index (χ0n) is 17.0. The zero-order chi connectivity index (χ0) is 21.8. The molecule has 1 aliphatic rings. The first-order chi connectivity index (χ1) is 14.3. The Hall–Kier alpha value is -3.61. The molecule has 0 unspecified atom stereocenters. The molecule has 1 heterocycles. The van der Waals surface area contributed by atoms with Crippen LogP contribution in [0.3, 0.4) is 0 Å². The molecule has 0 saturated heterocycles. The Kier molecular flexibility index (Phi) is 6.20. The third kappa shape index (κ3) is 4.68. The molecule has 4 N–H and O–H groups in total. The molecule has 30 heavy (non-hydrogen) atoms. The van der Waals surface area contributed by atoms with Crippen LogP contribution in [0.4, 0.5) is 5.69 Å². The lowest BCUT2D eigenvalue weighted by atomic mass is 10.0. The first kappa shape index (κ1) is 21.1. The lowest BCUT2D eigenvalue weighted by Crippen LogP contribution is -2.26. The van der Waals surface area contributed by atoms with Crippen molar-refractivity contribution in [1.82, 2.24) is 0 Å². The van der Waals surface area contributed by atoms with Crippen LogP contribution in [-0.2, 0) is 20.7 Å². The number of rotatable bonds is 8. The van der Waals surface area contributed by atoms with Crippen molar-refractivity contribution in [1.29, 1.82) is 5.41 Å². The SMILES string of the molecule is CC(C)OC1=C(c2ccc(C(=N)N)cc2)C(=O)N(c2ccc(CCC(=O)O)cc2)C1. The number of aryl methyl sites for hydroxylation is 1. The van der Waals surface area contributed by atoms with Crippen molar-refractivity contribution >= 4 is 29.0 Å². The van der Waals surface area contributed by atoms with Gasteiger partial charge in [-0.05, 0) is 43.5 Å². The van der Waals surface area contributed by atoms with Gasteiger partial charge < -0.3 is 20.5 Å². The number of nitrogens with zero attached hydrogens (tertiary/aromatic N) is 1. The average molecular weight is 407 g/mol. The van der Waals surface area contributed by atoms with Crippen LogP contribution in [0.2, 0.25) is 0 Å². The predicted octanol–water partition coefficient (Wildman–Crippen LogP) is 3.17. The van der Waals surface area contributed by atoms with Crippen molar-refractivity contribution in [2.75, 3.05) is 11.4 Å². The van der Waals surface area contributed by atoms with E-state index in [1.54, 1.807) is 29.2 Å². The summed E-state index contributed by atoms with van der Waals surface area (Å²) in [6, 6.07) is 14.3. The van der Waals surface area contributed by atoms with E-state index in [1.165, 1.54) is 0 Å². The van der Waals surface area contributed by atoms with E-state index in [0.29, 0.717) is 35.4 Å². The van der Waals surface area contributed by atoms with Crippen LogP contribution in [0, 0.1) is 5.41 Å². The second kappa shape index (κ2) is 8.82. The van der Waals surface area contributed by atoms with Gasteiger partial charge in [0, 0.05) is 17.7 Å². The molecule has 0 spiro atoms. The topological polar surface area (TPSA) is 117 Å². The number of aliphatic carboxylic acids is 1. The number of carbonyl (C=O) groups is 2. The second-order valence-corrected chi connectivity index (χ2v) is 7.41. The van der Waals surface area contributed by atoms with Gasteiger partial charge in [-0.15, -0.1) is 0 Å². The molecule has 0 radical (unpaired) electrons. The first-order valence-corrected chi connectivity index (χ1v) is 9.73. The summed E-state index contributed by atoms with van der Waals surface area (Å²) in [5.74, 6) is -0.439. The summed E-state index contributed by atoms with van der Waals surface area (Å²) >= 11 is 0. The van der Waals surface area contributed by atoms with Gasteiger partial charge in [-0.2, -0.15) is 0 Å². The van der Waals surface area contributed by atoms with Crippen LogP contribution >= 0.6 is 0 Å². The van der Waals surface area contributed by atoms with Gasteiger partial charge >= 0.3 is 5.97 Å². The van der Waals surface area contributed by atoms with Gasteiger partial charge in [-0.1, -0.05) is 36.4 Å². The number of amidine groups is 1. The molecule has 0 fully saturated rings. The van der Waals surface area contributed by atoms with E-state index < -0.39 is 5.97 Å². The normalized spacial score (nSPS) is 13.8. The number of benzene rings is 2. The molecule has 0 aromatic heterocycles. The maximum absolute atomic E-state index is 13.3. The molecule has 0 bridgehead atoms. The molecule has 0 aliphatic carbocycles. The van der Waals surface area contributed by atoms with Gasteiger partial charge in [-0.3, -0.25) is 15.0 Å². The van der Waals surface area contributed by atoms with Crippen LogP contribution in [0.5, 0.6) is 0 Å². The van der Waals surface area contributed by atoms with Crippen LogP contribution in [-0.4, -0.2) is 35.5 Å². The van der Waals surface area contributed by atoms with Crippen LogP contribution < -0.4 is 10.6 Å². The molecule has 1 amide bonds. The summed E-state index contributed by atoms with van der Waals surface area (Å²) < 4.78 is 5.95. The molecule has 0 saturated carbocycles. The van der Waals surface area contributed by atoms with Crippen molar-refractivity contribution in [3.05, 3.63) is 71.0 Å². The van der Waals surface area contributed by atoms with Crippen molar-refractivity contribution in [3.63, 3.8) is 0 Å². The number of ether oxygens (including phenoxy) is 1. The molecular formula is C23H25N3O4. The Balaban J connectivity index is 1.87. The number of nitrogen functional groups attached to an aromatic ring is 1. The third-order valence-corrected chi connectivity index (χ3v) is 4.78. The van der Waals surface area contributed by atoms with Gasteiger partial charge in [0.05, 0.1) is 18.2 Å². The summed E-state index contributed by atoms with van der Waals surface area (Å²) in [7, 11) is 0. The van der Waals surface area contributed by atoms with E-state index in [2.05, 4.69) is 0 Å². The summed E-state index contributed by atoms with van der Waals surface area (Å²) in [5, 5.41) is 16.4. The van der Waals surface area contributed by atoms with Gasteiger partial charge in [0.15, 0.2) is 0 Å². The molecule has 2 aromatic carbocycles. The fourth-order valence-electron chi connectivity index (χ4n) is 3.33. The fourth-order valence-corrected chi connectivity index (χ4v) is 3.33.